The molecule has 0 saturated carbocycles. The molecule has 0 fully saturated rings. The molecular weight excluding hydrogens is 262 g/mol. The molecule has 3 N–H and O–H groups in total. The Hall–Kier alpha value is -2.11. The van der Waals surface area contributed by atoms with E-state index in [9.17, 15) is 4.79 Å². The maximum atomic E-state index is 10.9. The van der Waals surface area contributed by atoms with E-state index in [0.717, 1.165) is 22.5 Å². The first-order valence-corrected chi connectivity index (χ1v) is 6.41. The van der Waals surface area contributed by atoms with Crippen LogP contribution in [0.3, 0.4) is 0 Å². The molecule has 0 atom stereocenters. The highest BCUT2D eigenvalue weighted by molar-refractivity contribution is 7.15. The van der Waals surface area contributed by atoms with Gasteiger partial charge in [0.2, 0.25) is 0 Å². The van der Waals surface area contributed by atoms with Crippen molar-refractivity contribution < 1.29 is 14.7 Å². The van der Waals surface area contributed by atoms with Gasteiger partial charge in [-0.25, -0.2) is 4.79 Å². The summed E-state index contributed by atoms with van der Waals surface area (Å²) in [6, 6.07) is 12.9. The molecule has 4 nitrogen and oxygen atoms in total. The van der Waals surface area contributed by atoms with Gasteiger partial charge in [0.25, 0.3) is 0 Å². The first-order valence-electron chi connectivity index (χ1n) is 5.60. The summed E-state index contributed by atoms with van der Waals surface area (Å²) in [5.41, 5.74) is 1.84. The van der Waals surface area contributed by atoms with Gasteiger partial charge in [0.1, 0.15) is 4.88 Å². The number of aromatic carboxylic acids is 1. The number of thiophene rings is 1. The molecule has 2 aromatic rings. The van der Waals surface area contributed by atoms with Crippen molar-refractivity contribution in [1.82, 2.24) is 0 Å². The highest BCUT2D eigenvalue weighted by Gasteiger charge is 2.14. The fourth-order valence-electron chi connectivity index (χ4n) is 1.73. The highest BCUT2D eigenvalue weighted by atomic mass is 32.1. The molecule has 0 amide bonds. The Morgan fingerprint density at radius 1 is 1.16 bits per heavy atom. The summed E-state index contributed by atoms with van der Waals surface area (Å²) in [6.45, 7) is 1.89. The Morgan fingerprint density at radius 3 is 2.32 bits per heavy atom. The van der Waals surface area contributed by atoms with E-state index in [1.54, 1.807) is 12.1 Å². The number of benzene rings is 1. The zero-order valence-corrected chi connectivity index (χ0v) is 11.1. The molecule has 98 valence electrons. The molecule has 2 rings (SSSR count). The van der Waals surface area contributed by atoms with Crippen molar-refractivity contribution in [1.29, 1.82) is 0 Å². The molecule has 1 aromatic carbocycles. The van der Waals surface area contributed by atoms with E-state index in [2.05, 4.69) is 0 Å². The summed E-state index contributed by atoms with van der Waals surface area (Å²) >= 11 is 1.13. The van der Waals surface area contributed by atoms with E-state index in [1.807, 2.05) is 37.3 Å². The van der Waals surface area contributed by atoms with Crippen LogP contribution in [-0.4, -0.2) is 11.1 Å². The first kappa shape index (κ1) is 13.3. The lowest BCUT2D eigenvalue weighted by atomic mass is 10.1. The normalized spacial score (nSPS) is 11.9. The number of rotatable bonds is 4. The third-order valence-corrected chi connectivity index (χ3v) is 3.78. The number of allylic oxidation sites excluding steroid dienone is 1. The van der Waals surface area contributed by atoms with Crippen LogP contribution in [0.5, 0.6) is 0 Å². The fourth-order valence-corrected chi connectivity index (χ4v) is 2.62. The van der Waals surface area contributed by atoms with E-state index >= 15 is 0 Å². The van der Waals surface area contributed by atoms with Crippen molar-refractivity contribution in [3.05, 3.63) is 57.8 Å². The predicted octanol–water partition coefficient (Wildman–Crippen LogP) is 3.22. The third kappa shape index (κ3) is 2.83. The fraction of sp³-hybridized carbons (Fsp3) is 0.0714. The van der Waals surface area contributed by atoms with Gasteiger partial charge in [-0.1, -0.05) is 30.3 Å². The quantitative estimate of drug-likeness (QED) is 0.663. The standard InChI is InChI=1S/C14H13NO3S/c1-9(10-5-3-2-4-6-10)13(18-15)11-7-8-12(19-11)14(16)17/h2-8H,15H2,1H3,(H,16,17)/b13-9+. The largest absolute Gasteiger partial charge is 0.477 e. The molecule has 0 aliphatic heterocycles. The molecular formula is C14H13NO3S. The molecule has 0 spiro atoms. The second-order valence-electron chi connectivity index (χ2n) is 3.91. The predicted molar refractivity (Wildman–Crippen MR) is 75.5 cm³/mol. The topological polar surface area (TPSA) is 72.5 Å². The van der Waals surface area contributed by atoms with Crippen molar-refractivity contribution in [2.75, 3.05) is 0 Å². The van der Waals surface area contributed by atoms with Crippen LogP contribution in [0.25, 0.3) is 11.3 Å². The number of hydrogen-bond donors (Lipinski definition) is 2. The van der Waals surface area contributed by atoms with Crippen molar-refractivity contribution >= 4 is 28.6 Å². The Morgan fingerprint density at radius 2 is 1.79 bits per heavy atom. The van der Waals surface area contributed by atoms with E-state index < -0.39 is 5.97 Å². The van der Waals surface area contributed by atoms with E-state index in [4.69, 9.17) is 15.8 Å². The molecule has 0 aliphatic rings. The second kappa shape index (κ2) is 5.69. The van der Waals surface area contributed by atoms with Gasteiger partial charge in [0.15, 0.2) is 5.76 Å². The van der Waals surface area contributed by atoms with Crippen LogP contribution in [0.15, 0.2) is 42.5 Å². The maximum Gasteiger partial charge on any atom is 0.345 e. The zero-order chi connectivity index (χ0) is 13.8. The smallest absolute Gasteiger partial charge is 0.345 e. The van der Waals surface area contributed by atoms with E-state index in [1.165, 1.54) is 0 Å². The zero-order valence-electron chi connectivity index (χ0n) is 10.3. The van der Waals surface area contributed by atoms with Gasteiger partial charge in [0.05, 0.1) is 4.88 Å². The van der Waals surface area contributed by atoms with Crippen molar-refractivity contribution in [2.24, 2.45) is 5.90 Å². The van der Waals surface area contributed by atoms with Crippen LogP contribution in [-0.2, 0) is 4.84 Å². The van der Waals surface area contributed by atoms with Crippen LogP contribution in [0.2, 0.25) is 0 Å². The lowest BCUT2D eigenvalue weighted by Crippen LogP contribution is -1.99. The first-order chi connectivity index (χ1) is 9.13. The molecule has 0 unspecified atom stereocenters. The summed E-state index contributed by atoms with van der Waals surface area (Å²) in [6.07, 6.45) is 0. The number of carbonyl (C=O) groups is 1. The average molecular weight is 275 g/mol. The summed E-state index contributed by atoms with van der Waals surface area (Å²) in [7, 11) is 0. The van der Waals surface area contributed by atoms with Crippen LogP contribution >= 0.6 is 11.3 Å². The van der Waals surface area contributed by atoms with Crippen LogP contribution in [0, 0.1) is 0 Å². The Balaban J connectivity index is 2.46. The van der Waals surface area contributed by atoms with E-state index in [-0.39, 0.29) is 4.88 Å². The van der Waals surface area contributed by atoms with Crippen LogP contribution < -0.4 is 5.90 Å². The number of carboxylic acids is 1. The van der Waals surface area contributed by atoms with Gasteiger partial charge in [-0.2, -0.15) is 5.90 Å². The average Bonchev–Trinajstić information content (AvgIpc) is 2.90. The summed E-state index contributed by atoms with van der Waals surface area (Å²) in [5.74, 6) is 4.87. The van der Waals surface area contributed by atoms with Crippen LogP contribution in [0.1, 0.15) is 27.0 Å². The molecule has 0 saturated heterocycles. The monoisotopic (exact) mass is 275 g/mol. The van der Waals surface area contributed by atoms with Gasteiger partial charge >= 0.3 is 5.97 Å². The summed E-state index contributed by atoms with van der Waals surface area (Å²) in [5, 5.41) is 8.93. The second-order valence-corrected chi connectivity index (χ2v) is 4.99. The molecule has 1 heterocycles. The minimum absolute atomic E-state index is 0.255. The number of nitrogens with two attached hydrogens (primary N) is 1. The van der Waals surface area contributed by atoms with Gasteiger partial charge in [-0.15, -0.1) is 11.3 Å². The molecule has 0 bridgehead atoms. The van der Waals surface area contributed by atoms with Gasteiger partial charge in [-0.05, 0) is 24.6 Å². The van der Waals surface area contributed by atoms with Gasteiger partial charge in [0, 0.05) is 5.57 Å². The summed E-state index contributed by atoms with van der Waals surface area (Å²) < 4.78 is 0. The maximum absolute atomic E-state index is 10.9. The Labute approximate surface area is 114 Å². The minimum Gasteiger partial charge on any atom is -0.477 e. The summed E-state index contributed by atoms with van der Waals surface area (Å²) in [4.78, 5) is 16.8. The Kier molecular flexibility index (Phi) is 3.99. The SMILES string of the molecule is C/C(=C(\ON)c1ccc(C(=O)O)s1)c1ccccc1. The van der Waals surface area contributed by atoms with Crippen molar-refractivity contribution in [2.45, 2.75) is 6.92 Å². The van der Waals surface area contributed by atoms with Crippen molar-refractivity contribution in [3.8, 4) is 0 Å². The Bertz CT molecular complexity index is 617. The van der Waals surface area contributed by atoms with E-state index in [0.29, 0.717) is 10.6 Å². The minimum atomic E-state index is -0.954. The highest BCUT2D eigenvalue weighted by Crippen LogP contribution is 2.30. The number of carboxylic acid groups (broad SMARTS) is 1. The van der Waals surface area contributed by atoms with Gasteiger partial charge in [-0.3, -0.25) is 0 Å². The molecule has 5 heteroatoms. The molecule has 0 radical (unpaired) electrons. The lowest BCUT2D eigenvalue weighted by molar-refractivity contribution is 0.0702. The molecule has 19 heavy (non-hydrogen) atoms. The molecule has 0 aliphatic carbocycles. The number of hydrogen-bond acceptors (Lipinski definition) is 4. The van der Waals surface area contributed by atoms with Crippen LogP contribution in [0.4, 0.5) is 0 Å². The van der Waals surface area contributed by atoms with Crippen molar-refractivity contribution in [3.63, 3.8) is 0 Å². The molecule has 1 aromatic heterocycles. The van der Waals surface area contributed by atoms with Gasteiger partial charge < -0.3 is 9.94 Å². The third-order valence-electron chi connectivity index (χ3n) is 2.71. The lowest BCUT2D eigenvalue weighted by Gasteiger charge is -2.08.